The number of ether oxygens (including phenoxy) is 2. The second-order valence-electron chi connectivity index (χ2n) is 7.62. The third-order valence-electron chi connectivity index (χ3n) is 5.01. The highest BCUT2D eigenvalue weighted by atomic mass is 35.5. The Morgan fingerprint density at radius 1 is 1.11 bits per heavy atom. The first-order valence-corrected chi connectivity index (χ1v) is 13.0. The number of rotatable bonds is 11. The van der Waals surface area contributed by atoms with E-state index in [1.165, 1.54) is 29.8 Å². The summed E-state index contributed by atoms with van der Waals surface area (Å²) in [4.78, 5) is 12.5. The molecule has 8 nitrogen and oxygen atoms in total. The summed E-state index contributed by atoms with van der Waals surface area (Å²) in [5.41, 5.74) is 4.53. The molecule has 0 aliphatic heterocycles. The predicted molar refractivity (Wildman–Crippen MR) is 143 cm³/mol. The van der Waals surface area contributed by atoms with E-state index in [4.69, 9.17) is 21.1 Å². The number of benzene rings is 3. The zero-order chi connectivity index (χ0) is 26.1. The van der Waals surface area contributed by atoms with E-state index >= 15 is 0 Å². The van der Waals surface area contributed by atoms with Gasteiger partial charge >= 0.3 is 0 Å². The van der Waals surface area contributed by atoms with Gasteiger partial charge in [-0.25, -0.2) is 13.8 Å². The maximum Gasteiger partial charge on any atom is 0.271 e. The van der Waals surface area contributed by atoms with E-state index in [0.717, 1.165) is 6.26 Å². The number of hydrogen-bond acceptors (Lipinski definition) is 6. The first-order valence-electron chi connectivity index (χ1n) is 10.8. The van der Waals surface area contributed by atoms with Gasteiger partial charge in [0.1, 0.15) is 6.61 Å². The molecule has 0 spiro atoms. The number of carbonyl (C=O) groups excluding carboxylic acids is 1. The standard InChI is InChI=1S/C26H26ClN3O5S/c1-4-15-35-24-14-9-19(16-25(24)34-2)17-28-29-26(31)20-10-12-22(13-11-20)30(36(3,32)33)18-21-7-5-6-8-23(21)27/h4-14,16-17H,1,15,18H2,2-3H3,(H,29,31)/b28-17+. The average Bonchev–Trinajstić information content (AvgIpc) is 2.86. The lowest BCUT2D eigenvalue weighted by atomic mass is 10.2. The molecule has 36 heavy (non-hydrogen) atoms. The van der Waals surface area contributed by atoms with Gasteiger partial charge in [-0.05, 0) is 59.7 Å². The van der Waals surface area contributed by atoms with Gasteiger partial charge in [-0.3, -0.25) is 9.10 Å². The molecule has 0 aliphatic rings. The zero-order valence-corrected chi connectivity index (χ0v) is 21.4. The average molecular weight is 528 g/mol. The fourth-order valence-corrected chi connectivity index (χ4v) is 4.30. The number of nitrogens with one attached hydrogen (secondary N) is 1. The Morgan fingerprint density at radius 3 is 2.47 bits per heavy atom. The molecular formula is C26H26ClN3O5S. The molecule has 0 fully saturated rings. The topological polar surface area (TPSA) is 97.3 Å². The molecule has 0 radical (unpaired) electrons. The minimum Gasteiger partial charge on any atom is -0.493 e. The molecule has 0 bridgehead atoms. The van der Waals surface area contributed by atoms with E-state index in [1.54, 1.807) is 60.7 Å². The van der Waals surface area contributed by atoms with Crippen molar-refractivity contribution in [1.29, 1.82) is 0 Å². The third kappa shape index (κ3) is 7.10. The SMILES string of the molecule is C=CCOc1ccc(/C=N/NC(=O)c2ccc(N(Cc3ccccc3Cl)S(C)(=O)=O)cc2)cc1OC. The predicted octanol–water partition coefficient (Wildman–Crippen LogP) is 4.64. The van der Waals surface area contributed by atoms with Crippen molar-refractivity contribution >= 4 is 39.4 Å². The van der Waals surface area contributed by atoms with Gasteiger partial charge < -0.3 is 9.47 Å². The molecule has 0 atom stereocenters. The van der Waals surface area contributed by atoms with Crippen LogP contribution in [0.1, 0.15) is 21.5 Å². The van der Waals surface area contributed by atoms with Crippen LogP contribution in [-0.4, -0.2) is 40.5 Å². The monoisotopic (exact) mass is 527 g/mol. The quantitative estimate of drug-likeness (QED) is 0.222. The maximum absolute atomic E-state index is 12.5. The van der Waals surface area contributed by atoms with Crippen molar-refractivity contribution in [3.05, 3.63) is 101 Å². The van der Waals surface area contributed by atoms with Crippen LogP contribution in [0.15, 0.2) is 84.5 Å². The van der Waals surface area contributed by atoms with Crippen LogP contribution in [0.25, 0.3) is 0 Å². The van der Waals surface area contributed by atoms with Gasteiger partial charge in [-0.15, -0.1) is 0 Å². The van der Waals surface area contributed by atoms with E-state index in [1.807, 2.05) is 0 Å². The van der Waals surface area contributed by atoms with Crippen LogP contribution in [-0.2, 0) is 16.6 Å². The fourth-order valence-electron chi connectivity index (χ4n) is 3.22. The summed E-state index contributed by atoms with van der Waals surface area (Å²) in [6.07, 6.45) is 4.22. The number of sulfonamides is 1. The Labute approximate surface area is 215 Å². The molecule has 0 saturated carbocycles. The van der Waals surface area contributed by atoms with E-state index in [-0.39, 0.29) is 6.54 Å². The van der Waals surface area contributed by atoms with Gasteiger partial charge in [0.25, 0.3) is 5.91 Å². The van der Waals surface area contributed by atoms with Gasteiger partial charge in [0, 0.05) is 10.6 Å². The summed E-state index contributed by atoms with van der Waals surface area (Å²) in [6, 6.07) is 18.4. The fraction of sp³-hybridized carbons (Fsp3) is 0.154. The largest absolute Gasteiger partial charge is 0.493 e. The van der Waals surface area contributed by atoms with Crippen LogP contribution in [0.3, 0.4) is 0 Å². The number of halogens is 1. The Hall–Kier alpha value is -3.82. The number of amides is 1. The second-order valence-corrected chi connectivity index (χ2v) is 9.93. The summed E-state index contributed by atoms with van der Waals surface area (Å²) in [5, 5.41) is 4.46. The van der Waals surface area contributed by atoms with Crippen LogP contribution in [0.4, 0.5) is 5.69 Å². The molecule has 0 aromatic heterocycles. The first kappa shape index (κ1) is 26.8. The number of anilines is 1. The van der Waals surface area contributed by atoms with Gasteiger partial charge in [0.2, 0.25) is 10.0 Å². The molecule has 0 unspecified atom stereocenters. The Kier molecular flexibility index (Phi) is 9.10. The zero-order valence-electron chi connectivity index (χ0n) is 19.8. The van der Waals surface area contributed by atoms with Gasteiger partial charge in [-0.1, -0.05) is 42.5 Å². The lowest BCUT2D eigenvalue weighted by Gasteiger charge is -2.23. The lowest BCUT2D eigenvalue weighted by Crippen LogP contribution is -2.29. The number of hydrogen-bond donors (Lipinski definition) is 1. The Balaban J connectivity index is 1.69. The van der Waals surface area contributed by atoms with Crippen molar-refractivity contribution in [3.63, 3.8) is 0 Å². The van der Waals surface area contributed by atoms with E-state index in [9.17, 15) is 13.2 Å². The molecule has 0 saturated heterocycles. The van der Waals surface area contributed by atoms with E-state index < -0.39 is 15.9 Å². The number of methoxy groups -OCH3 is 1. The summed E-state index contributed by atoms with van der Waals surface area (Å²) in [5.74, 6) is 0.638. The van der Waals surface area contributed by atoms with Gasteiger partial charge in [-0.2, -0.15) is 5.10 Å². The molecule has 1 N–H and O–H groups in total. The van der Waals surface area contributed by atoms with Crippen LogP contribution in [0, 0.1) is 0 Å². The molecule has 188 valence electrons. The van der Waals surface area contributed by atoms with Crippen molar-refractivity contribution in [1.82, 2.24) is 5.43 Å². The lowest BCUT2D eigenvalue weighted by molar-refractivity contribution is 0.0955. The second kappa shape index (κ2) is 12.2. The first-order chi connectivity index (χ1) is 17.2. The molecule has 3 rings (SSSR count). The van der Waals surface area contributed by atoms with Gasteiger partial charge in [0.15, 0.2) is 11.5 Å². The minimum absolute atomic E-state index is 0.0647. The van der Waals surface area contributed by atoms with Crippen LogP contribution in [0.2, 0.25) is 5.02 Å². The minimum atomic E-state index is -3.60. The molecule has 1 amide bonds. The summed E-state index contributed by atoms with van der Waals surface area (Å²) in [6.45, 7) is 4.03. The highest BCUT2D eigenvalue weighted by molar-refractivity contribution is 7.92. The van der Waals surface area contributed by atoms with E-state index in [2.05, 4.69) is 17.1 Å². The normalized spacial score (nSPS) is 11.2. The van der Waals surface area contributed by atoms with Crippen molar-refractivity contribution in [2.45, 2.75) is 6.54 Å². The molecule has 10 heteroatoms. The van der Waals surface area contributed by atoms with Crippen LogP contribution < -0.4 is 19.2 Å². The van der Waals surface area contributed by atoms with Crippen LogP contribution >= 0.6 is 11.6 Å². The van der Waals surface area contributed by atoms with Crippen molar-refractivity contribution in [2.24, 2.45) is 5.10 Å². The molecule has 0 heterocycles. The summed E-state index contributed by atoms with van der Waals surface area (Å²) >= 11 is 6.21. The van der Waals surface area contributed by atoms with Crippen molar-refractivity contribution < 1.29 is 22.7 Å². The van der Waals surface area contributed by atoms with Gasteiger partial charge in [0.05, 0.1) is 31.8 Å². The number of carbonyl (C=O) groups is 1. The number of nitrogens with zero attached hydrogens (tertiary/aromatic N) is 2. The molecule has 3 aromatic rings. The summed E-state index contributed by atoms with van der Waals surface area (Å²) < 4.78 is 36.9. The smallest absolute Gasteiger partial charge is 0.271 e. The Morgan fingerprint density at radius 2 is 1.83 bits per heavy atom. The molecule has 0 aliphatic carbocycles. The van der Waals surface area contributed by atoms with Crippen LogP contribution in [0.5, 0.6) is 11.5 Å². The molecular weight excluding hydrogens is 502 g/mol. The third-order valence-corrected chi connectivity index (χ3v) is 6.52. The van der Waals surface area contributed by atoms with E-state index in [0.29, 0.717) is 45.5 Å². The summed E-state index contributed by atoms with van der Waals surface area (Å²) in [7, 11) is -2.07. The highest BCUT2D eigenvalue weighted by Gasteiger charge is 2.19. The van der Waals surface area contributed by atoms with Crippen molar-refractivity contribution in [2.75, 3.05) is 24.3 Å². The number of hydrazone groups is 1. The molecule has 3 aromatic carbocycles. The maximum atomic E-state index is 12.5. The van der Waals surface area contributed by atoms with Crippen molar-refractivity contribution in [3.8, 4) is 11.5 Å². The highest BCUT2D eigenvalue weighted by Crippen LogP contribution is 2.28. The Bertz CT molecular complexity index is 1360.